The molecule has 2 heteroatoms. The van der Waals surface area contributed by atoms with Crippen LogP contribution in [-0.2, 0) is 12.8 Å². The summed E-state index contributed by atoms with van der Waals surface area (Å²) in [6, 6.07) is 9.73. The summed E-state index contributed by atoms with van der Waals surface area (Å²) in [6.07, 6.45) is 3.69. The Bertz CT molecular complexity index is 528. The van der Waals surface area contributed by atoms with E-state index in [2.05, 4.69) is 54.0 Å². The third-order valence-corrected chi connectivity index (χ3v) is 4.70. The molecule has 1 aliphatic rings. The van der Waals surface area contributed by atoms with Gasteiger partial charge in [0.15, 0.2) is 0 Å². The van der Waals surface area contributed by atoms with Crippen molar-refractivity contribution in [1.82, 2.24) is 4.90 Å². The van der Waals surface area contributed by atoms with Gasteiger partial charge in [0.25, 0.3) is 0 Å². The van der Waals surface area contributed by atoms with Gasteiger partial charge in [-0.3, -0.25) is 0 Å². The Kier molecular flexibility index (Phi) is 3.23. The van der Waals surface area contributed by atoms with Crippen LogP contribution in [-0.4, -0.2) is 25.0 Å². The monoisotopic (exact) mass is 257 g/mol. The fourth-order valence-electron chi connectivity index (χ4n) is 2.92. The molecule has 1 nitrogen and oxygen atoms in total. The summed E-state index contributed by atoms with van der Waals surface area (Å²) >= 11 is 1.78. The van der Waals surface area contributed by atoms with Crippen molar-refractivity contribution >= 4 is 11.3 Å². The number of rotatable bonds is 2. The summed E-state index contributed by atoms with van der Waals surface area (Å²) in [5.74, 6) is 0. The molecule has 0 saturated carbocycles. The molecule has 94 valence electrons. The number of nitrogens with zero attached hydrogens (tertiary/aromatic N) is 1. The average molecular weight is 257 g/mol. The molecule has 0 saturated heterocycles. The number of likely N-dealkylation sites (N-methyl/N-ethyl adjacent to an activating group) is 1. The van der Waals surface area contributed by atoms with Crippen LogP contribution in [0.3, 0.4) is 0 Å². The van der Waals surface area contributed by atoms with Crippen molar-refractivity contribution in [3.05, 3.63) is 46.2 Å². The molecule has 18 heavy (non-hydrogen) atoms. The first-order valence-electron chi connectivity index (χ1n) is 6.55. The normalized spacial score (nSPS) is 18.9. The van der Waals surface area contributed by atoms with Gasteiger partial charge in [0.1, 0.15) is 0 Å². The molecule has 0 spiro atoms. The molecule has 0 aliphatic heterocycles. The van der Waals surface area contributed by atoms with Crippen LogP contribution in [0.4, 0.5) is 0 Å². The maximum atomic E-state index is 2.36. The minimum atomic E-state index is 0.704. The van der Waals surface area contributed by atoms with Crippen LogP contribution >= 0.6 is 11.3 Å². The molecule has 2 aromatic rings. The largest absolute Gasteiger partial charge is 0.306 e. The lowest BCUT2D eigenvalue weighted by atomic mass is 9.84. The third-order valence-electron chi connectivity index (χ3n) is 4.02. The van der Waals surface area contributed by atoms with E-state index in [-0.39, 0.29) is 0 Å². The highest BCUT2D eigenvalue weighted by Gasteiger charge is 2.22. The van der Waals surface area contributed by atoms with Gasteiger partial charge in [-0.1, -0.05) is 18.2 Å². The molecular weight excluding hydrogens is 238 g/mol. The quantitative estimate of drug-likeness (QED) is 0.790. The molecule has 0 radical (unpaired) electrons. The maximum absolute atomic E-state index is 2.36. The highest BCUT2D eigenvalue weighted by Crippen LogP contribution is 2.33. The molecule has 0 bridgehead atoms. The van der Waals surface area contributed by atoms with Crippen LogP contribution in [0.2, 0.25) is 0 Å². The minimum Gasteiger partial charge on any atom is -0.306 e. The molecule has 1 aliphatic carbocycles. The van der Waals surface area contributed by atoms with Crippen LogP contribution < -0.4 is 0 Å². The molecule has 0 fully saturated rings. The molecule has 3 rings (SSSR count). The summed E-state index contributed by atoms with van der Waals surface area (Å²) in [5, 5.41) is 4.42. The zero-order chi connectivity index (χ0) is 12.5. The number of hydrogen-bond donors (Lipinski definition) is 0. The smallest absolute Gasteiger partial charge is 0.0133 e. The highest BCUT2D eigenvalue weighted by molar-refractivity contribution is 7.08. The summed E-state index contributed by atoms with van der Waals surface area (Å²) in [7, 11) is 4.39. The van der Waals surface area contributed by atoms with E-state index >= 15 is 0 Å². The second kappa shape index (κ2) is 4.87. The first-order chi connectivity index (χ1) is 8.75. The van der Waals surface area contributed by atoms with Crippen molar-refractivity contribution in [2.24, 2.45) is 0 Å². The lowest BCUT2D eigenvalue weighted by Gasteiger charge is -2.31. The van der Waals surface area contributed by atoms with Gasteiger partial charge in [-0.25, -0.2) is 0 Å². The van der Waals surface area contributed by atoms with Gasteiger partial charge in [-0.2, -0.15) is 11.3 Å². The lowest BCUT2D eigenvalue weighted by molar-refractivity contribution is 0.268. The molecule has 1 heterocycles. The SMILES string of the molecule is CN(C)C1CCc2c(cccc2-c2ccsc2)C1. The van der Waals surface area contributed by atoms with E-state index in [4.69, 9.17) is 0 Å². The van der Waals surface area contributed by atoms with Crippen molar-refractivity contribution in [3.8, 4) is 11.1 Å². The van der Waals surface area contributed by atoms with Crippen LogP contribution in [0, 0.1) is 0 Å². The topological polar surface area (TPSA) is 3.24 Å². The summed E-state index contributed by atoms with van der Waals surface area (Å²) < 4.78 is 0. The number of benzene rings is 1. The molecular formula is C16H19NS. The van der Waals surface area contributed by atoms with Crippen molar-refractivity contribution in [2.45, 2.75) is 25.3 Å². The van der Waals surface area contributed by atoms with Gasteiger partial charge in [0, 0.05) is 6.04 Å². The summed E-state index contributed by atoms with van der Waals surface area (Å²) in [5.41, 5.74) is 5.96. The summed E-state index contributed by atoms with van der Waals surface area (Å²) in [4.78, 5) is 2.36. The van der Waals surface area contributed by atoms with Crippen LogP contribution in [0.5, 0.6) is 0 Å². The summed E-state index contributed by atoms with van der Waals surface area (Å²) in [6.45, 7) is 0. The maximum Gasteiger partial charge on any atom is 0.0133 e. The van der Waals surface area contributed by atoms with Crippen molar-refractivity contribution in [2.75, 3.05) is 14.1 Å². The molecule has 1 atom stereocenters. The van der Waals surface area contributed by atoms with Crippen molar-refractivity contribution < 1.29 is 0 Å². The van der Waals surface area contributed by atoms with E-state index in [1.165, 1.54) is 30.4 Å². The predicted molar refractivity (Wildman–Crippen MR) is 79.3 cm³/mol. The van der Waals surface area contributed by atoms with Crippen molar-refractivity contribution in [1.29, 1.82) is 0 Å². The number of thiophene rings is 1. The van der Waals surface area contributed by atoms with Crippen LogP contribution in [0.25, 0.3) is 11.1 Å². The Morgan fingerprint density at radius 3 is 2.83 bits per heavy atom. The fraction of sp³-hybridized carbons (Fsp3) is 0.375. The molecule has 0 amide bonds. The first-order valence-corrected chi connectivity index (χ1v) is 7.50. The Morgan fingerprint density at radius 2 is 2.11 bits per heavy atom. The van der Waals surface area contributed by atoms with Crippen LogP contribution in [0.1, 0.15) is 17.5 Å². The third kappa shape index (κ3) is 2.11. The lowest BCUT2D eigenvalue weighted by Crippen LogP contribution is -2.33. The van der Waals surface area contributed by atoms with Crippen molar-refractivity contribution in [3.63, 3.8) is 0 Å². The molecule has 0 N–H and O–H groups in total. The average Bonchev–Trinajstić information content (AvgIpc) is 2.91. The molecule has 1 aromatic carbocycles. The van der Waals surface area contributed by atoms with Crippen LogP contribution in [0.15, 0.2) is 35.0 Å². The van der Waals surface area contributed by atoms with E-state index in [9.17, 15) is 0 Å². The molecule has 1 unspecified atom stereocenters. The Morgan fingerprint density at radius 1 is 1.22 bits per heavy atom. The van der Waals surface area contributed by atoms with Gasteiger partial charge >= 0.3 is 0 Å². The number of hydrogen-bond acceptors (Lipinski definition) is 2. The molecule has 1 aromatic heterocycles. The van der Waals surface area contributed by atoms with Gasteiger partial charge in [-0.05, 0) is 72.4 Å². The highest BCUT2D eigenvalue weighted by atomic mass is 32.1. The Hall–Kier alpha value is -1.12. The van der Waals surface area contributed by atoms with E-state index in [1.807, 2.05) is 0 Å². The van der Waals surface area contributed by atoms with Gasteiger partial charge in [0.05, 0.1) is 0 Å². The standard InChI is InChI=1S/C16H19NS/c1-17(2)14-6-7-16-12(10-14)4-3-5-15(16)13-8-9-18-11-13/h3-5,8-9,11,14H,6-7,10H2,1-2H3. The van der Waals surface area contributed by atoms with E-state index in [1.54, 1.807) is 22.5 Å². The predicted octanol–water partition coefficient (Wildman–Crippen LogP) is 3.83. The second-order valence-electron chi connectivity index (χ2n) is 5.32. The van der Waals surface area contributed by atoms with Gasteiger partial charge in [0.2, 0.25) is 0 Å². The Labute approximate surface area is 113 Å². The zero-order valence-corrected chi connectivity index (χ0v) is 11.8. The Balaban J connectivity index is 1.99. The number of fused-ring (bicyclic) bond motifs is 1. The first kappa shape index (κ1) is 11.9. The second-order valence-corrected chi connectivity index (χ2v) is 6.10. The zero-order valence-electron chi connectivity index (χ0n) is 11.0. The fourth-order valence-corrected chi connectivity index (χ4v) is 3.57. The minimum absolute atomic E-state index is 0.704. The van der Waals surface area contributed by atoms with Gasteiger partial charge < -0.3 is 4.90 Å². The van der Waals surface area contributed by atoms with E-state index in [0.29, 0.717) is 6.04 Å². The van der Waals surface area contributed by atoms with E-state index < -0.39 is 0 Å². The van der Waals surface area contributed by atoms with E-state index in [0.717, 1.165) is 0 Å². The van der Waals surface area contributed by atoms with Gasteiger partial charge in [-0.15, -0.1) is 0 Å².